The molecule has 2 heterocycles. The number of carbonyl (C=O) groups is 1. The molecular weight excluding hydrogens is 356 g/mol. The molecule has 0 spiro atoms. The number of hydrogen-bond donors (Lipinski definition) is 1. The summed E-state index contributed by atoms with van der Waals surface area (Å²) in [5.41, 5.74) is 1.97. The number of hydrogen-bond acceptors (Lipinski definition) is 4. The highest BCUT2D eigenvalue weighted by molar-refractivity contribution is 5.87. The Hall–Kier alpha value is -2.76. The fourth-order valence-corrected chi connectivity index (χ4v) is 3.92. The number of fused-ring (bicyclic) bond motifs is 1. The summed E-state index contributed by atoms with van der Waals surface area (Å²) in [7, 11) is 2.02. The van der Waals surface area contributed by atoms with Crippen LogP contribution in [-0.4, -0.2) is 40.7 Å². The van der Waals surface area contributed by atoms with Crippen molar-refractivity contribution in [2.24, 2.45) is 5.41 Å². The third-order valence-electron chi connectivity index (χ3n) is 5.29. The Balaban J connectivity index is 2.23. The van der Waals surface area contributed by atoms with Crippen LogP contribution in [0.5, 0.6) is 0 Å². The summed E-state index contributed by atoms with van der Waals surface area (Å²) in [5.74, 6) is -0.310. The number of carboxylic acids is 1. The zero-order valence-corrected chi connectivity index (χ0v) is 17.2. The van der Waals surface area contributed by atoms with E-state index in [-0.39, 0.29) is 17.0 Å². The van der Waals surface area contributed by atoms with Gasteiger partial charge >= 0.3 is 5.97 Å². The molecule has 3 rings (SSSR count). The van der Waals surface area contributed by atoms with Gasteiger partial charge in [0.25, 0.3) is 0 Å². The predicted molar refractivity (Wildman–Crippen MR) is 109 cm³/mol. The Morgan fingerprint density at radius 1 is 1.36 bits per heavy atom. The Kier molecular flexibility index (Phi) is 5.24. The van der Waals surface area contributed by atoms with Gasteiger partial charge in [-0.05, 0) is 24.0 Å². The van der Waals surface area contributed by atoms with Gasteiger partial charge in [-0.25, -0.2) is 4.79 Å². The minimum atomic E-state index is -1.19. The molecule has 0 bridgehead atoms. The van der Waals surface area contributed by atoms with E-state index >= 15 is 0 Å². The smallest absolute Gasteiger partial charge is 0.341 e. The van der Waals surface area contributed by atoms with Crippen LogP contribution in [0.4, 0.5) is 0 Å². The van der Waals surface area contributed by atoms with Crippen LogP contribution in [0.15, 0.2) is 46.6 Å². The molecular formula is C22H28N2O4. The zero-order valence-electron chi connectivity index (χ0n) is 17.2. The fraction of sp³-hybridized carbons (Fsp3) is 0.455. The van der Waals surface area contributed by atoms with Crippen LogP contribution in [0, 0.1) is 5.41 Å². The molecule has 6 nitrogen and oxygen atoms in total. The molecule has 2 aliphatic rings. The number of rotatable bonds is 3. The van der Waals surface area contributed by atoms with E-state index in [4.69, 9.17) is 4.74 Å². The van der Waals surface area contributed by atoms with Crippen molar-refractivity contribution in [3.63, 3.8) is 0 Å². The van der Waals surface area contributed by atoms with Gasteiger partial charge < -0.3 is 19.3 Å². The molecule has 1 aromatic rings. The molecule has 1 atom stereocenters. The summed E-state index contributed by atoms with van der Waals surface area (Å²) in [6.45, 7) is 9.66. The van der Waals surface area contributed by atoms with Crippen molar-refractivity contribution < 1.29 is 14.6 Å². The number of likely N-dealkylation sites (N-methyl/N-ethyl adjacent to an activating group) is 1. The molecule has 1 aliphatic carbocycles. The number of ether oxygens (including phenoxy) is 1. The summed E-state index contributed by atoms with van der Waals surface area (Å²) in [6, 6.07) is 1.50. The number of aromatic nitrogens is 1. The second-order valence-corrected chi connectivity index (χ2v) is 8.39. The second kappa shape index (κ2) is 7.34. The van der Waals surface area contributed by atoms with Gasteiger partial charge in [0.1, 0.15) is 11.3 Å². The first-order chi connectivity index (χ1) is 13.1. The normalized spacial score (nSPS) is 22.0. The monoisotopic (exact) mass is 384 g/mol. The van der Waals surface area contributed by atoms with Gasteiger partial charge in [-0.2, -0.15) is 0 Å². The van der Waals surface area contributed by atoms with E-state index in [1.165, 1.54) is 12.3 Å². The van der Waals surface area contributed by atoms with Crippen LogP contribution < -0.4 is 5.43 Å². The average molecular weight is 384 g/mol. The predicted octanol–water partition coefficient (Wildman–Crippen LogP) is 3.67. The van der Waals surface area contributed by atoms with Crippen molar-refractivity contribution in [1.29, 1.82) is 0 Å². The molecule has 0 fully saturated rings. The number of allylic oxidation sites excluding steroid dienone is 4. The summed E-state index contributed by atoms with van der Waals surface area (Å²) in [4.78, 5) is 26.2. The molecule has 0 saturated heterocycles. The lowest BCUT2D eigenvalue weighted by Crippen LogP contribution is -2.42. The van der Waals surface area contributed by atoms with Crippen molar-refractivity contribution in [3.8, 4) is 0 Å². The highest BCUT2D eigenvalue weighted by Crippen LogP contribution is 2.40. The minimum Gasteiger partial charge on any atom is -0.498 e. The first-order valence-corrected chi connectivity index (χ1v) is 9.57. The second-order valence-electron chi connectivity index (χ2n) is 8.39. The van der Waals surface area contributed by atoms with E-state index in [9.17, 15) is 14.7 Å². The van der Waals surface area contributed by atoms with Crippen molar-refractivity contribution in [1.82, 2.24) is 9.47 Å². The van der Waals surface area contributed by atoms with Gasteiger partial charge in [0.05, 0.1) is 24.0 Å². The van der Waals surface area contributed by atoms with Crippen LogP contribution in [0.1, 0.15) is 56.2 Å². The maximum Gasteiger partial charge on any atom is 0.341 e. The third kappa shape index (κ3) is 3.63. The van der Waals surface area contributed by atoms with Crippen molar-refractivity contribution in [3.05, 3.63) is 63.3 Å². The van der Waals surface area contributed by atoms with E-state index in [1.807, 2.05) is 36.8 Å². The van der Waals surface area contributed by atoms with E-state index in [0.717, 1.165) is 29.3 Å². The lowest BCUT2D eigenvalue weighted by atomic mass is 9.83. The van der Waals surface area contributed by atoms with Crippen LogP contribution in [0.2, 0.25) is 0 Å². The molecule has 28 heavy (non-hydrogen) atoms. The SMILES string of the molecule is CCOC1=CC=C/C(=C2\c3cc(=O)c(C(=O)O)cn3C(C(C)(C)C)CN2C)C1. The van der Waals surface area contributed by atoms with E-state index in [2.05, 4.69) is 25.7 Å². The average Bonchev–Trinajstić information content (AvgIpc) is 2.60. The molecule has 1 aliphatic heterocycles. The maximum absolute atomic E-state index is 12.5. The van der Waals surface area contributed by atoms with Gasteiger partial charge in [0.2, 0.25) is 0 Å². The van der Waals surface area contributed by atoms with Gasteiger partial charge in [-0.1, -0.05) is 32.9 Å². The standard InChI is InChI=1S/C22H28N2O4/c1-6-28-15-9-7-8-14(10-15)20-17-11-18(25)16(21(26)27)12-24(17)19(13-23(20)5)22(2,3)4/h7-9,11-12,19H,6,10,13H2,1-5H3,(H,26,27)/b20-14-. The number of nitrogens with zero attached hydrogens (tertiary/aromatic N) is 2. The number of carboxylic acid groups (broad SMARTS) is 1. The van der Waals surface area contributed by atoms with Crippen molar-refractivity contribution >= 4 is 11.7 Å². The van der Waals surface area contributed by atoms with Crippen LogP contribution in [0.3, 0.4) is 0 Å². The first-order valence-electron chi connectivity index (χ1n) is 9.57. The maximum atomic E-state index is 12.5. The molecule has 1 N–H and O–H groups in total. The Morgan fingerprint density at radius 3 is 2.68 bits per heavy atom. The number of pyridine rings is 1. The molecule has 0 saturated carbocycles. The van der Waals surface area contributed by atoms with Crippen LogP contribution >= 0.6 is 0 Å². The quantitative estimate of drug-likeness (QED) is 0.861. The highest BCUT2D eigenvalue weighted by atomic mass is 16.5. The Morgan fingerprint density at radius 2 is 2.07 bits per heavy atom. The first kappa shape index (κ1) is 20.0. The summed E-state index contributed by atoms with van der Waals surface area (Å²) in [6.07, 6.45) is 8.09. The van der Waals surface area contributed by atoms with E-state index < -0.39 is 11.4 Å². The Labute approximate surface area is 165 Å². The molecule has 6 heteroatoms. The summed E-state index contributed by atoms with van der Waals surface area (Å²) >= 11 is 0. The summed E-state index contributed by atoms with van der Waals surface area (Å²) in [5, 5.41) is 9.45. The molecule has 1 aromatic heterocycles. The van der Waals surface area contributed by atoms with Gasteiger partial charge in [0, 0.05) is 32.3 Å². The van der Waals surface area contributed by atoms with Crippen molar-refractivity contribution in [2.45, 2.75) is 40.2 Å². The minimum absolute atomic E-state index is 0.0324. The van der Waals surface area contributed by atoms with E-state index in [1.54, 1.807) is 0 Å². The third-order valence-corrected chi connectivity index (χ3v) is 5.29. The lowest BCUT2D eigenvalue weighted by molar-refractivity contribution is 0.0693. The van der Waals surface area contributed by atoms with Crippen LogP contribution in [-0.2, 0) is 4.74 Å². The summed E-state index contributed by atoms with van der Waals surface area (Å²) < 4.78 is 7.66. The molecule has 0 radical (unpaired) electrons. The fourth-order valence-electron chi connectivity index (χ4n) is 3.92. The van der Waals surface area contributed by atoms with Gasteiger partial charge in [-0.15, -0.1) is 0 Å². The van der Waals surface area contributed by atoms with E-state index in [0.29, 0.717) is 13.0 Å². The van der Waals surface area contributed by atoms with Gasteiger partial charge in [-0.3, -0.25) is 4.79 Å². The molecule has 0 aromatic carbocycles. The highest BCUT2D eigenvalue weighted by Gasteiger charge is 2.35. The largest absolute Gasteiger partial charge is 0.498 e. The van der Waals surface area contributed by atoms with Gasteiger partial charge in [0.15, 0.2) is 5.43 Å². The molecule has 150 valence electrons. The molecule has 0 amide bonds. The molecule has 1 unspecified atom stereocenters. The zero-order chi connectivity index (χ0) is 20.6. The lowest BCUT2D eigenvalue weighted by Gasteiger charge is -2.44. The number of aromatic carboxylic acids is 1. The Bertz CT molecular complexity index is 944. The van der Waals surface area contributed by atoms with Crippen molar-refractivity contribution in [2.75, 3.05) is 20.2 Å². The van der Waals surface area contributed by atoms with Crippen LogP contribution in [0.25, 0.3) is 5.70 Å². The topological polar surface area (TPSA) is 71.8 Å².